The molecule has 0 amide bonds. The van der Waals surface area contributed by atoms with Gasteiger partial charge in [-0.25, -0.2) is 0 Å². The Hall–Kier alpha value is -1.88. The lowest BCUT2D eigenvalue weighted by Crippen LogP contribution is -1.99. The van der Waals surface area contributed by atoms with Crippen LogP contribution in [0.2, 0.25) is 0 Å². The van der Waals surface area contributed by atoms with Crippen molar-refractivity contribution in [2.24, 2.45) is 0 Å². The van der Waals surface area contributed by atoms with Crippen molar-refractivity contribution < 1.29 is 14.4 Å². The van der Waals surface area contributed by atoms with E-state index in [0.29, 0.717) is 11.8 Å². The molecule has 104 valence electrons. The second-order valence-electron chi connectivity index (χ2n) is 5.49. The summed E-state index contributed by atoms with van der Waals surface area (Å²) in [5, 5.41) is 13.8. The lowest BCUT2D eigenvalue weighted by Gasteiger charge is -2.09. The van der Waals surface area contributed by atoms with Gasteiger partial charge in [0.15, 0.2) is 12.4 Å². The molecule has 1 fully saturated rings. The van der Waals surface area contributed by atoms with Crippen LogP contribution in [0.5, 0.6) is 5.75 Å². The number of benzene rings is 1. The van der Waals surface area contributed by atoms with Gasteiger partial charge in [0.1, 0.15) is 5.75 Å². The average Bonchev–Trinajstić information content (AvgIpc) is 3.09. The van der Waals surface area contributed by atoms with E-state index in [-0.39, 0.29) is 12.7 Å². The molecule has 1 N–H and O–H groups in total. The highest BCUT2D eigenvalue weighted by Crippen LogP contribution is 2.38. The van der Waals surface area contributed by atoms with E-state index >= 15 is 0 Å². The molecule has 1 unspecified atom stereocenters. The van der Waals surface area contributed by atoms with Crippen molar-refractivity contribution in [3.8, 4) is 5.75 Å². The molecule has 1 aromatic carbocycles. The molecule has 0 aliphatic heterocycles. The lowest BCUT2D eigenvalue weighted by atomic mass is 10.1. The Kier molecular flexibility index (Phi) is 2.73. The molecule has 1 saturated carbocycles. The second-order valence-corrected chi connectivity index (χ2v) is 5.49. The third-order valence-corrected chi connectivity index (χ3v) is 3.97. The topological polar surface area (TPSA) is 68.4 Å². The zero-order valence-electron chi connectivity index (χ0n) is 11.1. The molecular formula is C15H16N2O3. The van der Waals surface area contributed by atoms with Crippen LogP contribution in [-0.2, 0) is 13.0 Å². The van der Waals surface area contributed by atoms with E-state index in [2.05, 4.69) is 10.1 Å². The van der Waals surface area contributed by atoms with Gasteiger partial charge in [0.2, 0.25) is 0 Å². The average molecular weight is 272 g/mol. The monoisotopic (exact) mass is 272 g/mol. The van der Waals surface area contributed by atoms with E-state index in [1.165, 1.54) is 0 Å². The molecule has 0 spiro atoms. The van der Waals surface area contributed by atoms with Gasteiger partial charge in [-0.05, 0) is 37.3 Å². The summed E-state index contributed by atoms with van der Waals surface area (Å²) >= 11 is 0. The predicted octanol–water partition coefficient (Wildman–Crippen LogP) is 2.51. The molecule has 5 nitrogen and oxygen atoms in total. The van der Waals surface area contributed by atoms with Gasteiger partial charge in [-0.1, -0.05) is 17.3 Å². The molecular weight excluding hydrogens is 256 g/mol. The lowest BCUT2D eigenvalue weighted by molar-refractivity contribution is 0.180. The van der Waals surface area contributed by atoms with E-state index in [4.69, 9.17) is 9.26 Å². The summed E-state index contributed by atoms with van der Waals surface area (Å²) in [6.45, 7) is 0.284. The zero-order chi connectivity index (χ0) is 13.5. The van der Waals surface area contributed by atoms with Crippen LogP contribution in [0.3, 0.4) is 0 Å². The SMILES string of the molecule is OC1CCc2c(OCc3nc(C4CC4)no3)cccc21. The zero-order valence-corrected chi connectivity index (χ0v) is 11.1. The second kappa shape index (κ2) is 4.59. The van der Waals surface area contributed by atoms with E-state index < -0.39 is 0 Å². The summed E-state index contributed by atoms with van der Waals surface area (Å²) in [6, 6.07) is 5.79. The van der Waals surface area contributed by atoms with Crippen molar-refractivity contribution in [1.29, 1.82) is 0 Å². The third kappa shape index (κ3) is 2.08. The molecule has 1 atom stereocenters. The number of aliphatic hydroxyl groups excluding tert-OH is 1. The minimum atomic E-state index is -0.363. The van der Waals surface area contributed by atoms with E-state index in [9.17, 15) is 5.11 Å². The Bertz CT molecular complexity index is 634. The fourth-order valence-corrected chi connectivity index (χ4v) is 2.71. The van der Waals surface area contributed by atoms with Gasteiger partial charge in [-0.2, -0.15) is 4.98 Å². The van der Waals surface area contributed by atoms with Crippen molar-refractivity contribution >= 4 is 0 Å². The minimum Gasteiger partial charge on any atom is -0.483 e. The van der Waals surface area contributed by atoms with Gasteiger partial charge in [-0.15, -0.1) is 0 Å². The van der Waals surface area contributed by atoms with Crippen LogP contribution in [-0.4, -0.2) is 15.2 Å². The fraction of sp³-hybridized carbons (Fsp3) is 0.467. The van der Waals surface area contributed by atoms with Crippen LogP contribution >= 0.6 is 0 Å². The van der Waals surface area contributed by atoms with Crippen LogP contribution in [0, 0.1) is 0 Å². The number of hydrogen-bond acceptors (Lipinski definition) is 5. The van der Waals surface area contributed by atoms with Crippen molar-refractivity contribution in [3.05, 3.63) is 41.0 Å². The van der Waals surface area contributed by atoms with Gasteiger partial charge < -0.3 is 14.4 Å². The van der Waals surface area contributed by atoms with Gasteiger partial charge in [0, 0.05) is 11.5 Å². The molecule has 20 heavy (non-hydrogen) atoms. The van der Waals surface area contributed by atoms with Crippen LogP contribution in [0.1, 0.15) is 54.1 Å². The Morgan fingerprint density at radius 2 is 2.20 bits per heavy atom. The summed E-state index contributed by atoms with van der Waals surface area (Å²) < 4.78 is 11.0. The van der Waals surface area contributed by atoms with Gasteiger partial charge >= 0.3 is 0 Å². The number of ether oxygens (including phenoxy) is 1. The molecule has 1 aromatic heterocycles. The number of aromatic nitrogens is 2. The standard InChI is InChI=1S/C15H16N2O3/c18-12-7-6-11-10(12)2-1-3-13(11)19-8-14-16-15(17-20-14)9-4-5-9/h1-3,9,12,18H,4-8H2. The number of aliphatic hydroxyl groups is 1. The molecule has 1 heterocycles. The van der Waals surface area contributed by atoms with E-state index in [1.807, 2.05) is 18.2 Å². The van der Waals surface area contributed by atoms with Gasteiger partial charge in [-0.3, -0.25) is 0 Å². The molecule has 5 heteroatoms. The number of fused-ring (bicyclic) bond motifs is 1. The van der Waals surface area contributed by atoms with Crippen LogP contribution in [0.4, 0.5) is 0 Å². The van der Waals surface area contributed by atoms with Crippen molar-refractivity contribution in [3.63, 3.8) is 0 Å². The Balaban J connectivity index is 1.49. The van der Waals surface area contributed by atoms with Crippen LogP contribution in [0.15, 0.2) is 22.7 Å². The molecule has 2 aliphatic carbocycles. The van der Waals surface area contributed by atoms with Crippen molar-refractivity contribution in [2.45, 2.75) is 44.3 Å². The highest BCUT2D eigenvalue weighted by atomic mass is 16.5. The number of rotatable bonds is 4. The minimum absolute atomic E-state index is 0.284. The van der Waals surface area contributed by atoms with Crippen molar-refractivity contribution in [1.82, 2.24) is 10.1 Å². The van der Waals surface area contributed by atoms with Crippen LogP contribution < -0.4 is 4.74 Å². The maximum atomic E-state index is 9.87. The van der Waals surface area contributed by atoms with Gasteiger partial charge in [0.05, 0.1) is 6.10 Å². The fourth-order valence-electron chi connectivity index (χ4n) is 2.71. The smallest absolute Gasteiger partial charge is 0.264 e. The maximum Gasteiger partial charge on any atom is 0.264 e. The first-order chi connectivity index (χ1) is 9.81. The molecule has 2 aliphatic rings. The Labute approximate surface area is 116 Å². The summed E-state index contributed by atoms with van der Waals surface area (Å²) in [6.07, 6.45) is 3.57. The predicted molar refractivity (Wildman–Crippen MR) is 70.3 cm³/mol. The first kappa shape index (κ1) is 11.9. The Morgan fingerprint density at radius 3 is 3.05 bits per heavy atom. The first-order valence-electron chi connectivity index (χ1n) is 7.06. The van der Waals surface area contributed by atoms with Crippen LogP contribution in [0.25, 0.3) is 0 Å². The molecule has 0 saturated heterocycles. The molecule has 0 bridgehead atoms. The summed E-state index contributed by atoms with van der Waals surface area (Å²) in [4.78, 5) is 4.34. The van der Waals surface area contributed by atoms with E-state index in [0.717, 1.165) is 48.4 Å². The van der Waals surface area contributed by atoms with Crippen molar-refractivity contribution in [2.75, 3.05) is 0 Å². The highest BCUT2D eigenvalue weighted by molar-refractivity contribution is 5.44. The summed E-state index contributed by atoms with van der Waals surface area (Å²) in [5.74, 6) is 2.62. The van der Waals surface area contributed by atoms with E-state index in [1.54, 1.807) is 0 Å². The highest BCUT2D eigenvalue weighted by Gasteiger charge is 2.29. The first-order valence-corrected chi connectivity index (χ1v) is 7.06. The quantitative estimate of drug-likeness (QED) is 0.926. The third-order valence-electron chi connectivity index (χ3n) is 3.97. The summed E-state index contributed by atoms with van der Waals surface area (Å²) in [5.41, 5.74) is 2.08. The number of nitrogens with zero attached hydrogens (tertiary/aromatic N) is 2. The molecule has 4 rings (SSSR count). The Morgan fingerprint density at radius 1 is 1.30 bits per heavy atom. The maximum absolute atomic E-state index is 9.87. The molecule has 0 radical (unpaired) electrons. The largest absolute Gasteiger partial charge is 0.483 e. The number of hydrogen-bond donors (Lipinski definition) is 1. The normalized spacial score (nSPS) is 20.9. The summed E-state index contributed by atoms with van der Waals surface area (Å²) in [7, 11) is 0. The molecule has 2 aromatic rings. The van der Waals surface area contributed by atoms with Gasteiger partial charge in [0.25, 0.3) is 5.89 Å².